The normalized spacial score (nSPS) is 10.6. The van der Waals surface area contributed by atoms with Crippen LogP contribution in [0, 0.1) is 10.1 Å². The van der Waals surface area contributed by atoms with Gasteiger partial charge in [0, 0.05) is 11.6 Å². The minimum atomic E-state index is -0.656. The van der Waals surface area contributed by atoms with E-state index in [4.69, 9.17) is 30.2 Å². The highest BCUT2D eigenvalue weighted by Crippen LogP contribution is 2.40. The first-order valence-corrected chi connectivity index (χ1v) is 8.42. The number of halogens is 1. The second-order valence-electron chi connectivity index (χ2n) is 5.65. The van der Waals surface area contributed by atoms with Gasteiger partial charge in [0.25, 0.3) is 11.2 Å². The van der Waals surface area contributed by atoms with Crippen LogP contribution in [0.2, 0.25) is 5.02 Å². The number of aromatic nitrogens is 3. The summed E-state index contributed by atoms with van der Waals surface area (Å²) in [5.74, 6) is 1.36. The van der Waals surface area contributed by atoms with E-state index in [1.807, 2.05) is 0 Å². The number of nitro groups is 1. The molecule has 0 unspecified atom stereocenters. The minimum Gasteiger partial charge on any atom is -0.493 e. The lowest BCUT2D eigenvalue weighted by Gasteiger charge is -2.12. The largest absolute Gasteiger partial charge is 0.493 e. The van der Waals surface area contributed by atoms with Crippen molar-refractivity contribution in [2.24, 2.45) is 0 Å². The van der Waals surface area contributed by atoms with Crippen molar-refractivity contribution in [1.82, 2.24) is 14.8 Å². The Morgan fingerprint density at radius 3 is 2.34 bits per heavy atom. The molecule has 0 bridgehead atoms. The van der Waals surface area contributed by atoms with E-state index in [0.29, 0.717) is 22.8 Å². The molecule has 2 aromatic heterocycles. The van der Waals surface area contributed by atoms with Gasteiger partial charge in [-0.1, -0.05) is 11.6 Å². The average molecular weight is 423 g/mol. The van der Waals surface area contributed by atoms with Crippen molar-refractivity contribution < 1.29 is 23.6 Å². The minimum absolute atomic E-state index is 0.0485. The molecule has 0 spiro atoms. The molecule has 1 aromatic carbocycles. The van der Waals surface area contributed by atoms with Gasteiger partial charge in [-0.3, -0.25) is 19.5 Å². The van der Waals surface area contributed by atoms with E-state index >= 15 is 0 Å². The molecule has 2 heterocycles. The summed E-state index contributed by atoms with van der Waals surface area (Å²) in [6, 6.07) is 4.22. The van der Waals surface area contributed by atoms with Crippen molar-refractivity contribution in [3.63, 3.8) is 0 Å². The third-order valence-electron chi connectivity index (χ3n) is 3.92. The summed E-state index contributed by atoms with van der Waals surface area (Å²) in [7, 11) is 4.42. The van der Waals surface area contributed by atoms with Gasteiger partial charge in [-0.15, -0.1) is 10.2 Å². The predicted octanol–water partition coefficient (Wildman–Crippen LogP) is 2.53. The quantitative estimate of drug-likeness (QED) is 0.416. The lowest BCUT2D eigenvalue weighted by atomic mass is 10.2. The van der Waals surface area contributed by atoms with Crippen molar-refractivity contribution in [3.05, 3.63) is 55.8 Å². The molecule has 12 heteroatoms. The number of pyridine rings is 1. The highest BCUT2D eigenvalue weighted by Gasteiger charge is 2.19. The standard InChI is InChI=1S/C17H15ClN4O7/c1-26-12-4-9(5-13(27-2)15(12)28-3)16-20-19-14(29-16)8-21-7-10(22(24)25)6-11(18)17(21)23/h4-7H,8H2,1-3H3. The summed E-state index contributed by atoms with van der Waals surface area (Å²) >= 11 is 5.78. The summed E-state index contributed by atoms with van der Waals surface area (Å²) in [6.45, 7) is -0.197. The van der Waals surface area contributed by atoms with Crippen LogP contribution in [0.4, 0.5) is 5.69 Å². The van der Waals surface area contributed by atoms with Gasteiger partial charge in [-0.2, -0.15) is 0 Å². The second-order valence-corrected chi connectivity index (χ2v) is 6.06. The van der Waals surface area contributed by atoms with Gasteiger partial charge < -0.3 is 18.6 Å². The zero-order valence-corrected chi connectivity index (χ0v) is 16.3. The summed E-state index contributed by atoms with van der Waals surface area (Å²) in [5.41, 5.74) is -0.466. The molecule has 0 aliphatic heterocycles. The SMILES string of the molecule is COc1cc(-c2nnc(Cn3cc([N+](=O)[O-])cc(Cl)c3=O)o2)cc(OC)c1OC. The molecule has 0 aliphatic carbocycles. The summed E-state index contributed by atoms with van der Waals surface area (Å²) < 4.78 is 22.5. The van der Waals surface area contributed by atoms with Crippen LogP contribution in [0.1, 0.15) is 5.89 Å². The number of methoxy groups -OCH3 is 3. The second kappa shape index (κ2) is 8.19. The van der Waals surface area contributed by atoms with Crippen LogP contribution in [0.3, 0.4) is 0 Å². The molecular formula is C17H15ClN4O7. The first-order chi connectivity index (χ1) is 13.9. The van der Waals surface area contributed by atoms with Crippen LogP contribution in [0.25, 0.3) is 11.5 Å². The number of hydrogen-bond donors (Lipinski definition) is 0. The van der Waals surface area contributed by atoms with Gasteiger partial charge in [-0.05, 0) is 12.1 Å². The number of benzene rings is 1. The Balaban J connectivity index is 1.97. The highest BCUT2D eigenvalue weighted by molar-refractivity contribution is 6.30. The molecule has 29 heavy (non-hydrogen) atoms. The fourth-order valence-corrected chi connectivity index (χ4v) is 2.81. The van der Waals surface area contributed by atoms with Gasteiger partial charge in [0.2, 0.25) is 17.5 Å². The maximum atomic E-state index is 12.1. The fraction of sp³-hybridized carbons (Fsp3) is 0.235. The first kappa shape index (κ1) is 20.1. The van der Waals surface area contributed by atoms with Crippen molar-refractivity contribution in [2.75, 3.05) is 21.3 Å². The van der Waals surface area contributed by atoms with E-state index < -0.39 is 10.5 Å². The van der Waals surface area contributed by atoms with Crippen molar-refractivity contribution in [3.8, 4) is 28.7 Å². The molecular weight excluding hydrogens is 408 g/mol. The smallest absolute Gasteiger partial charge is 0.287 e. The molecule has 3 aromatic rings. The monoisotopic (exact) mass is 422 g/mol. The molecule has 0 amide bonds. The van der Waals surface area contributed by atoms with E-state index in [1.165, 1.54) is 21.3 Å². The lowest BCUT2D eigenvalue weighted by Crippen LogP contribution is -2.21. The molecule has 11 nitrogen and oxygen atoms in total. The summed E-state index contributed by atoms with van der Waals surface area (Å²) in [6.07, 6.45) is 1.05. The first-order valence-electron chi connectivity index (χ1n) is 8.05. The van der Waals surface area contributed by atoms with Crippen LogP contribution in [-0.4, -0.2) is 41.0 Å². The van der Waals surface area contributed by atoms with Gasteiger partial charge in [0.05, 0.1) is 32.4 Å². The third-order valence-corrected chi connectivity index (χ3v) is 4.19. The van der Waals surface area contributed by atoms with E-state index in [1.54, 1.807) is 12.1 Å². The Morgan fingerprint density at radius 2 is 1.79 bits per heavy atom. The molecule has 152 valence electrons. The zero-order valence-electron chi connectivity index (χ0n) is 15.5. The van der Waals surface area contributed by atoms with Crippen LogP contribution >= 0.6 is 11.6 Å². The van der Waals surface area contributed by atoms with E-state index in [0.717, 1.165) is 16.8 Å². The topological polar surface area (TPSA) is 132 Å². The van der Waals surface area contributed by atoms with E-state index in [9.17, 15) is 14.9 Å². The Hall–Kier alpha value is -3.60. The molecule has 0 aliphatic rings. The van der Waals surface area contributed by atoms with Crippen molar-refractivity contribution in [2.45, 2.75) is 6.54 Å². The van der Waals surface area contributed by atoms with Crippen LogP contribution in [0.15, 0.2) is 33.6 Å². The third kappa shape index (κ3) is 3.99. The predicted molar refractivity (Wildman–Crippen MR) is 101 cm³/mol. The molecule has 0 saturated heterocycles. The maximum Gasteiger partial charge on any atom is 0.287 e. The summed E-state index contributed by atoms with van der Waals surface area (Å²) in [5, 5.41) is 18.5. The Bertz CT molecular complexity index is 1100. The van der Waals surface area contributed by atoms with Crippen LogP contribution in [-0.2, 0) is 6.54 Å². The Labute approximate surface area is 168 Å². The highest BCUT2D eigenvalue weighted by atomic mass is 35.5. The molecule has 0 N–H and O–H groups in total. The van der Waals surface area contributed by atoms with Gasteiger partial charge in [0.1, 0.15) is 11.6 Å². The average Bonchev–Trinajstić information content (AvgIpc) is 3.18. The molecule has 0 fully saturated rings. The van der Waals surface area contributed by atoms with Crippen molar-refractivity contribution in [1.29, 1.82) is 0 Å². The maximum absolute atomic E-state index is 12.1. The lowest BCUT2D eigenvalue weighted by molar-refractivity contribution is -0.385. The van der Waals surface area contributed by atoms with E-state index in [2.05, 4.69) is 10.2 Å². The molecule has 0 atom stereocenters. The van der Waals surface area contributed by atoms with E-state index in [-0.39, 0.29) is 29.0 Å². The van der Waals surface area contributed by atoms with Crippen LogP contribution < -0.4 is 19.8 Å². The number of nitrogens with zero attached hydrogens (tertiary/aromatic N) is 4. The summed E-state index contributed by atoms with van der Waals surface area (Å²) in [4.78, 5) is 22.5. The van der Waals surface area contributed by atoms with Gasteiger partial charge in [-0.25, -0.2) is 0 Å². The Morgan fingerprint density at radius 1 is 1.14 bits per heavy atom. The number of hydrogen-bond acceptors (Lipinski definition) is 9. The number of ether oxygens (including phenoxy) is 3. The zero-order chi connectivity index (χ0) is 21.1. The molecule has 0 saturated carbocycles. The number of rotatable bonds is 7. The molecule has 0 radical (unpaired) electrons. The van der Waals surface area contributed by atoms with Crippen LogP contribution in [0.5, 0.6) is 17.2 Å². The van der Waals surface area contributed by atoms with Gasteiger partial charge in [0.15, 0.2) is 11.5 Å². The molecule has 3 rings (SSSR count). The Kier molecular flexibility index (Phi) is 5.69. The fourth-order valence-electron chi connectivity index (χ4n) is 2.59. The van der Waals surface area contributed by atoms with Gasteiger partial charge >= 0.3 is 0 Å². The van der Waals surface area contributed by atoms with Crippen molar-refractivity contribution >= 4 is 17.3 Å².